The summed E-state index contributed by atoms with van der Waals surface area (Å²) < 4.78 is 5.74. The summed E-state index contributed by atoms with van der Waals surface area (Å²) in [7, 11) is 0. The molecule has 2 aliphatic heterocycles. The predicted molar refractivity (Wildman–Crippen MR) is 116 cm³/mol. The predicted octanol–water partition coefficient (Wildman–Crippen LogP) is 5.00. The zero-order chi connectivity index (χ0) is 19.3. The number of carbonyl (C=O) groups is 1. The van der Waals surface area contributed by atoms with E-state index in [1.54, 1.807) is 23.1 Å². The van der Waals surface area contributed by atoms with Crippen LogP contribution in [0, 0.1) is 0 Å². The molecule has 0 spiro atoms. The van der Waals surface area contributed by atoms with E-state index < -0.39 is 0 Å². The van der Waals surface area contributed by atoms with Gasteiger partial charge in [0.15, 0.2) is 0 Å². The molecular formula is C22H28N2O2S2. The van der Waals surface area contributed by atoms with Gasteiger partial charge in [0.2, 0.25) is 0 Å². The van der Waals surface area contributed by atoms with E-state index in [9.17, 15) is 4.79 Å². The second-order valence-corrected chi connectivity index (χ2v) is 9.51. The Morgan fingerprint density at radius 3 is 3.00 bits per heavy atom. The molecule has 150 valence electrons. The third kappa shape index (κ3) is 4.61. The van der Waals surface area contributed by atoms with Crippen molar-refractivity contribution in [2.24, 2.45) is 0 Å². The average molecular weight is 417 g/mol. The molecule has 2 saturated heterocycles. The summed E-state index contributed by atoms with van der Waals surface area (Å²) in [5, 5.41) is 3.35. The van der Waals surface area contributed by atoms with Gasteiger partial charge in [-0.2, -0.15) is 0 Å². The van der Waals surface area contributed by atoms with Crippen LogP contribution in [0.4, 0.5) is 0 Å². The van der Waals surface area contributed by atoms with E-state index in [4.69, 9.17) is 9.72 Å². The Hall–Kier alpha value is -1.37. The second-order valence-electron chi connectivity index (χ2n) is 7.56. The first-order valence-corrected chi connectivity index (χ1v) is 12.2. The highest BCUT2D eigenvalue weighted by atomic mass is 32.2. The van der Waals surface area contributed by atoms with Gasteiger partial charge in [-0.3, -0.25) is 4.79 Å². The molecule has 0 radical (unpaired) electrons. The number of benzene rings is 1. The fraction of sp³-hybridized carbons (Fsp3) is 0.545. The standard InChI is InChI=1S/C22H28N2O2S2/c1-2-17-14-28-21(23-17)16-7-5-11-24(13-16)22(25)19-9-3-4-10-20(19)27-15-18-8-6-12-26-18/h3-4,9-10,14,16,18H,2,5-8,11-13,15H2,1H3. The minimum Gasteiger partial charge on any atom is -0.377 e. The van der Waals surface area contributed by atoms with Crippen LogP contribution in [0.1, 0.15) is 59.6 Å². The Balaban J connectivity index is 1.44. The van der Waals surface area contributed by atoms with Gasteiger partial charge in [0.05, 0.1) is 22.4 Å². The van der Waals surface area contributed by atoms with Crippen LogP contribution in [0.5, 0.6) is 0 Å². The first-order chi connectivity index (χ1) is 13.7. The lowest BCUT2D eigenvalue weighted by atomic mass is 9.98. The summed E-state index contributed by atoms with van der Waals surface area (Å²) >= 11 is 3.51. The van der Waals surface area contributed by atoms with Crippen molar-refractivity contribution in [1.82, 2.24) is 9.88 Å². The molecule has 4 rings (SSSR count). The largest absolute Gasteiger partial charge is 0.377 e. The summed E-state index contributed by atoms with van der Waals surface area (Å²) in [6.45, 7) is 4.63. The van der Waals surface area contributed by atoms with Crippen molar-refractivity contribution in [3.05, 3.63) is 45.9 Å². The van der Waals surface area contributed by atoms with Crippen molar-refractivity contribution >= 4 is 29.0 Å². The molecule has 2 atom stereocenters. The molecule has 0 bridgehead atoms. The SMILES string of the molecule is CCc1csc(C2CCCN(C(=O)c3ccccc3SCC3CCCO3)C2)n1. The van der Waals surface area contributed by atoms with E-state index in [1.165, 1.54) is 10.7 Å². The van der Waals surface area contributed by atoms with Crippen molar-refractivity contribution in [1.29, 1.82) is 0 Å². The topological polar surface area (TPSA) is 42.4 Å². The second kappa shape index (κ2) is 9.42. The van der Waals surface area contributed by atoms with E-state index in [0.717, 1.165) is 68.0 Å². The molecule has 3 heterocycles. The molecule has 1 aromatic carbocycles. The number of likely N-dealkylation sites (tertiary alicyclic amines) is 1. The van der Waals surface area contributed by atoms with E-state index >= 15 is 0 Å². The smallest absolute Gasteiger partial charge is 0.255 e. The Bertz CT molecular complexity index is 801. The third-order valence-corrected chi connectivity index (χ3v) is 7.82. The average Bonchev–Trinajstić information content (AvgIpc) is 3.44. The summed E-state index contributed by atoms with van der Waals surface area (Å²) in [6.07, 6.45) is 5.74. The number of carbonyl (C=O) groups excluding carboxylic acids is 1. The lowest BCUT2D eigenvalue weighted by Gasteiger charge is -2.32. The Morgan fingerprint density at radius 1 is 1.32 bits per heavy atom. The molecule has 2 aromatic rings. The van der Waals surface area contributed by atoms with E-state index in [-0.39, 0.29) is 5.91 Å². The molecule has 0 saturated carbocycles. The van der Waals surface area contributed by atoms with Gasteiger partial charge >= 0.3 is 0 Å². The van der Waals surface area contributed by atoms with Crippen LogP contribution in [0.25, 0.3) is 0 Å². The summed E-state index contributed by atoms with van der Waals surface area (Å²) in [6, 6.07) is 8.04. The minimum absolute atomic E-state index is 0.160. The van der Waals surface area contributed by atoms with Gasteiger partial charge in [-0.05, 0) is 44.2 Å². The van der Waals surface area contributed by atoms with Gasteiger partial charge in [-0.25, -0.2) is 4.98 Å². The van der Waals surface area contributed by atoms with E-state index in [0.29, 0.717) is 12.0 Å². The fourth-order valence-electron chi connectivity index (χ4n) is 3.93. The quantitative estimate of drug-likeness (QED) is 0.622. The van der Waals surface area contributed by atoms with Gasteiger partial charge in [0, 0.05) is 41.6 Å². The third-order valence-electron chi connectivity index (χ3n) is 5.56. The highest BCUT2D eigenvalue weighted by molar-refractivity contribution is 7.99. The Labute approximate surface area is 175 Å². The molecule has 2 aliphatic rings. The zero-order valence-electron chi connectivity index (χ0n) is 16.4. The number of aryl methyl sites for hydroxylation is 1. The Kier molecular flexibility index (Phi) is 6.70. The number of hydrogen-bond acceptors (Lipinski definition) is 5. The number of nitrogens with zero attached hydrogens (tertiary/aromatic N) is 2. The molecule has 6 heteroatoms. The lowest BCUT2D eigenvalue weighted by molar-refractivity contribution is 0.0703. The van der Waals surface area contributed by atoms with Gasteiger partial charge in [0.25, 0.3) is 5.91 Å². The van der Waals surface area contributed by atoms with Crippen molar-refractivity contribution < 1.29 is 9.53 Å². The zero-order valence-corrected chi connectivity index (χ0v) is 18.1. The maximum atomic E-state index is 13.3. The van der Waals surface area contributed by atoms with Gasteiger partial charge in [-0.15, -0.1) is 23.1 Å². The normalized spacial score (nSPS) is 22.5. The van der Waals surface area contributed by atoms with E-state index in [2.05, 4.69) is 18.4 Å². The van der Waals surface area contributed by atoms with Crippen LogP contribution in [0.3, 0.4) is 0 Å². The maximum absolute atomic E-state index is 13.3. The summed E-state index contributed by atoms with van der Waals surface area (Å²) in [5.74, 6) is 1.45. The molecule has 4 nitrogen and oxygen atoms in total. The van der Waals surface area contributed by atoms with Crippen LogP contribution in [-0.4, -0.2) is 47.3 Å². The number of hydrogen-bond donors (Lipinski definition) is 0. The summed E-state index contributed by atoms with van der Waals surface area (Å²) in [5.41, 5.74) is 2.00. The number of piperidine rings is 1. The number of ether oxygens (including phenoxy) is 1. The van der Waals surface area contributed by atoms with Gasteiger partial charge < -0.3 is 9.64 Å². The molecule has 1 amide bonds. The first-order valence-electron chi connectivity index (χ1n) is 10.3. The number of amides is 1. The number of rotatable bonds is 6. The molecule has 1 aromatic heterocycles. The highest BCUT2D eigenvalue weighted by Gasteiger charge is 2.28. The lowest BCUT2D eigenvalue weighted by Crippen LogP contribution is -2.39. The van der Waals surface area contributed by atoms with Crippen LogP contribution in [0.2, 0.25) is 0 Å². The van der Waals surface area contributed by atoms with Gasteiger partial charge in [-0.1, -0.05) is 19.1 Å². The highest BCUT2D eigenvalue weighted by Crippen LogP contribution is 2.32. The maximum Gasteiger partial charge on any atom is 0.255 e. The minimum atomic E-state index is 0.160. The summed E-state index contributed by atoms with van der Waals surface area (Å²) in [4.78, 5) is 21.2. The molecule has 0 aliphatic carbocycles. The van der Waals surface area contributed by atoms with Gasteiger partial charge in [0.1, 0.15) is 0 Å². The van der Waals surface area contributed by atoms with Crippen molar-refractivity contribution in [3.8, 4) is 0 Å². The molecule has 28 heavy (non-hydrogen) atoms. The fourth-order valence-corrected chi connectivity index (χ4v) is 6.08. The van der Waals surface area contributed by atoms with Crippen molar-refractivity contribution in [2.45, 2.75) is 55.9 Å². The first kappa shape index (κ1) is 19.9. The molecule has 2 fully saturated rings. The van der Waals surface area contributed by atoms with Crippen LogP contribution >= 0.6 is 23.1 Å². The molecule has 0 N–H and O–H groups in total. The number of aromatic nitrogens is 1. The van der Waals surface area contributed by atoms with E-state index in [1.807, 2.05) is 23.1 Å². The van der Waals surface area contributed by atoms with Crippen molar-refractivity contribution in [3.63, 3.8) is 0 Å². The van der Waals surface area contributed by atoms with Crippen LogP contribution in [0.15, 0.2) is 34.5 Å². The van der Waals surface area contributed by atoms with Crippen LogP contribution < -0.4 is 0 Å². The van der Waals surface area contributed by atoms with Crippen molar-refractivity contribution in [2.75, 3.05) is 25.4 Å². The number of thiazole rings is 1. The number of thioether (sulfide) groups is 1. The molecule has 2 unspecified atom stereocenters. The Morgan fingerprint density at radius 2 is 2.21 bits per heavy atom. The molecular weight excluding hydrogens is 388 g/mol. The van der Waals surface area contributed by atoms with Crippen LogP contribution in [-0.2, 0) is 11.2 Å². The monoisotopic (exact) mass is 416 g/mol.